The van der Waals surface area contributed by atoms with Gasteiger partial charge in [-0.2, -0.15) is 0 Å². The van der Waals surface area contributed by atoms with E-state index in [9.17, 15) is 9.50 Å². The molecule has 0 radical (unpaired) electrons. The standard InChI is InChI=1S/C12H16FNO/c13-11-6-7-14(9-12(11)15)8-10-4-2-1-3-5-10/h1-5,11-12,15H,6-9H2. The highest BCUT2D eigenvalue weighted by Crippen LogP contribution is 2.16. The van der Waals surface area contributed by atoms with Crippen molar-refractivity contribution in [3.63, 3.8) is 0 Å². The largest absolute Gasteiger partial charge is 0.389 e. The molecule has 2 nitrogen and oxygen atoms in total. The number of benzene rings is 1. The lowest BCUT2D eigenvalue weighted by molar-refractivity contribution is 0.000903. The van der Waals surface area contributed by atoms with Crippen LogP contribution < -0.4 is 0 Å². The van der Waals surface area contributed by atoms with Gasteiger partial charge in [-0.05, 0) is 12.0 Å². The Labute approximate surface area is 89.3 Å². The molecule has 82 valence electrons. The number of halogens is 1. The molecule has 15 heavy (non-hydrogen) atoms. The molecule has 2 atom stereocenters. The first-order valence-corrected chi connectivity index (χ1v) is 5.34. The molecule has 1 aliphatic rings. The Morgan fingerprint density at radius 3 is 2.73 bits per heavy atom. The third-order valence-corrected chi connectivity index (χ3v) is 2.83. The summed E-state index contributed by atoms with van der Waals surface area (Å²) in [5, 5.41) is 9.41. The molecule has 1 aromatic rings. The molecule has 1 aliphatic heterocycles. The molecule has 0 aliphatic carbocycles. The van der Waals surface area contributed by atoms with Gasteiger partial charge in [0.15, 0.2) is 0 Å². The SMILES string of the molecule is OC1CN(Cc2ccccc2)CCC1F. The average Bonchev–Trinajstić information content (AvgIpc) is 2.25. The van der Waals surface area contributed by atoms with Gasteiger partial charge >= 0.3 is 0 Å². The molecule has 0 saturated carbocycles. The Kier molecular flexibility index (Phi) is 3.34. The summed E-state index contributed by atoms with van der Waals surface area (Å²) in [4.78, 5) is 2.09. The lowest BCUT2D eigenvalue weighted by atomic mass is 10.1. The van der Waals surface area contributed by atoms with Gasteiger partial charge in [0.2, 0.25) is 0 Å². The molecule has 2 unspecified atom stereocenters. The number of aliphatic hydroxyl groups is 1. The summed E-state index contributed by atoms with van der Waals surface area (Å²) >= 11 is 0. The van der Waals surface area contributed by atoms with Gasteiger partial charge in [0.25, 0.3) is 0 Å². The Balaban J connectivity index is 1.91. The van der Waals surface area contributed by atoms with Gasteiger partial charge in [-0.15, -0.1) is 0 Å². The zero-order valence-corrected chi connectivity index (χ0v) is 8.64. The van der Waals surface area contributed by atoms with Gasteiger partial charge in [-0.1, -0.05) is 30.3 Å². The second kappa shape index (κ2) is 4.73. The second-order valence-electron chi connectivity index (χ2n) is 4.09. The van der Waals surface area contributed by atoms with E-state index in [1.807, 2.05) is 30.3 Å². The van der Waals surface area contributed by atoms with Crippen LogP contribution in [0, 0.1) is 0 Å². The predicted molar refractivity (Wildman–Crippen MR) is 57.2 cm³/mol. The monoisotopic (exact) mass is 209 g/mol. The van der Waals surface area contributed by atoms with Gasteiger partial charge in [-0.3, -0.25) is 4.90 Å². The first-order chi connectivity index (χ1) is 7.25. The van der Waals surface area contributed by atoms with Crippen LogP contribution in [0.4, 0.5) is 4.39 Å². The third-order valence-electron chi connectivity index (χ3n) is 2.83. The van der Waals surface area contributed by atoms with Crippen LogP contribution in [-0.4, -0.2) is 35.4 Å². The number of nitrogens with zero attached hydrogens (tertiary/aromatic N) is 1. The fourth-order valence-corrected chi connectivity index (χ4v) is 1.95. The minimum Gasteiger partial charge on any atom is -0.389 e. The molecule has 0 amide bonds. The van der Waals surface area contributed by atoms with Crippen LogP contribution in [0.3, 0.4) is 0 Å². The molecular formula is C12H16FNO. The highest BCUT2D eigenvalue weighted by atomic mass is 19.1. The fraction of sp³-hybridized carbons (Fsp3) is 0.500. The first kappa shape index (κ1) is 10.6. The first-order valence-electron chi connectivity index (χ1n) is 5.34. The van der Waals surface area contributed by atoms with E-state index in [0.717, 1.165) is 13.1 Å². The average molecular weight is 209 g/mol. The van der Waals surface area contributed by atoms with Crippen molar-refractivity contribution < 1.29 is 9.50 Å². The summed E-state index contributed by atoms with van der Waals surface area (Å²) in [6.45, 7) is 1.97. The maximum atomic E-state index is 13.0. The summed E-state index contributed by atoms with van der Waals surface area (Å²) in [6, 6.07) is 10.1. The molecule has 1 N–H and O–H groups in total. The fourth-order valence-electron chi connectivity index (χ4n) is 1.95. The van der Waals surface area contributed by atoms with Gasteiger partial charge < -0.3 is 5.11 Å². The molecule has 0 aromatic heterocycles. The van der Waals surface area contributed by atoms with E-state index in [1.165, 1.54) is 5.56 Å². The molecule has 1 aromatic carbocycles. The number of alkyl halides is 1. The molecule has 2 rings (SSSR count). The highest BCUT2D eigenvalue weighted by molar-refractivity contribution is 5.14. The van der Waals surface area contributed by atoms with Crippen molar-refractivity contribution in [2.45, 2.75) is 25.2 Å². The Bertz CT molecular complexity index is 304. The van der Waals surface area contributed by atoms with Crippen molar-refractivity contribution in [2.24, 2.45) is 0 Å². The predicted octanol–water partition coefficient (Wildman–Crippen LogP) is 1.59. The van der Waals surface area contributed by atoms with Crippen LogP contribution in [0.5, 0.6) is 0 Å². The summed E-state index contributed by atoms with van der Waals surface area (Å²) in [6.07, 6.45) is -1.42. The molecule has 1 fully saturated rings. The smallest absolute Gasteiger partial charge is 0.128 e. The minimum absolute atomic E-state index is 0.438. The van der Waals surface area contributed by atoms with E-state index in [-0.39, 0.29) is 0 Å². The lowest BCUT2D eigenvalue weighted by Gasteiger charge is -2.32. The zero-order valence-electron chi connectivity index (χ0n) is 8.64. The van der Waals surface area contributed by atoms with Crippen LogP contribution in [-0.2, 0) is 6.54 Å². The van der Waals surface area contributed by atoms with E-state index in [2.05, 4.69) is 4.90 Å². The van der Waals surface area contributed by atoms with Gasteiger partial charge in [0.1, 0.15) is 6.17 Å². The van der Waals surface area contributed by atoms with Crippen molar-refractivity contribution >= 4 is 0 Å². The summed E-state index contributed by atoms with van der Waals surface area (Å²) in [7, 11) is 0. The quantitative estimate of drug-likeness (QED) is 0.799. The van der Waals surface area contributed by atoms with Crippen LogP contribution in [0.25, 0.3) is 0 Å². The molecule has 1 saturated heterocycles. The zero-order chi connectivity index (χ0) is 10.7. The number of hydrogen-bond acceptors (Lipinski definition) is 2. The van der Waals surface area contributed by atoms with E-state index in [4.69, 9.17) is 0 Å². The summed E-state index contributed by atoms with van der Waals surface area (Å²) < 4.78 is 13.0. The Hall–Kier alpha value is -0.930. The van der Waals surface area contributed by atoms with Crippen molar-refractivity contribution in [1.29, 1.82) is 0 Å². The van der Waals surface area contributed by atoms with Crippen molar-refractivity contribution in [1.82, 2.24) is 4.90 Å². The topological polar surface area (TPSA) is 23.5 Å². The van der Waals surface area contributed by atoms with Crippen LogP contribution in [0.2, 0.25) is 0 Å². The summed E-state index contributed by atoms with van der Waals surface area (Å²) in [5.41, 5.74) is 1.21. The number of β-amino-alcohol motifs (C(OH)–C–C–N with tert-alkyl or cyclic N) is 1. The number of rotatable bonds is 2. The van der Waals surface area contributed by atoms with Crippen LogP contribution in [0.1, 0.15) is 12.0 Å². The maximum absolute atomic E-state index is 13.0. The third kappa shape index (κ3) is 2.76. The second-order valence-corrected chi connectivity index (χ2v) is 4.09. The summed E-state index contributed by atoms with van der Waals surface area (Å²) in [5.74, 6) is 0. The number of piperidine rings is 1. The van der Waals surface area contributed by atoms with E-state index in [1.54, 1.807) is 0 Å². The van der Waals surface area contributed by atoms with Gasteiger partial charge in [0, 0.05) is 19.6 Å². The molecule has 0 bridgehead atoms. The molecule has 3 heteroatoms. The van der Waals surface area contributed by atoms with Crippen molar-refractivity contribution in [3.05, 3.63) is 35.9 Å². The van der Waals surface area contributed by atoms with Gasteiger partial charge in [-0.25, -0.2) is 4.39 Å². The molecule has 0 spiro atoms. The molecular weight excluding hydrogens is 193 g/mol. The van der Waals surface area contributed by atoms with E-state index >= 15 is 0 Å². The van der Waals surface area contributed by atoms with Crippen LogP contribution in [0.15, 0.2) is 30.3 Å². The normalized spacial score (nSPS) is 27.9. The maximum Gasteiger partial charge on any atom is 0.128 e. The number of hydrogen-bond donors (Lipinski definition) is 1. The minimum atomic E-state index is -1.04. The lowest BCUT2D eigenvalue weighted by Crippen LogP contribution is -2.44. The Morgan fingerprint density at radius 1 is 1.33 bits per heavy atom. The van der Waals surface area contributed by atoms with E-state index in [0.29, 0.717) is 13.0 Å². The van der Waals surface area contributed by atoms with Crippen LogP contribution >= 0.6 is 0 Å². The highest BCUT2D eigenvalue weighted by Gasteiger charge is 2.26. The van der Waals surface area contributed by atoms with Crippen molar-refractivity contribution in [2.75, 3.05) is 13.1 Å². The van der Waals surface area contributed by atoms with E-state index < -0.39 is 12.3 Å². The van der Waals surface area contributed by atoms with Crippen molar-refractivity contribution in [3.8, 4) is 0 Å². The number of likely N-dealkylation sites (tertiary alicyclic amines) is 1. The number of aliphatic hydroxyl groups excluding tert-OH is 1. The van der Waals surface area contributed by atoms with Gasteiger partial charge in [0.05, 0.1) is 6.10 Å². The Morgan fingerprint density at radius 2 is 2.07 bits per heavy atom. The molecule has 1 heterocycles.